The Morgan fingerprint density at radius 2 is 1.97 bits per heavy atom. The fourth-order valence-corrected chi connectivity index (χ4v) is 4.01. The number of ketones is 1. The number of aliphatic hydroxyl groups is 1. The molecule has 150 valence electrons. The van der Waals surface area contributed by atoms with Gasteiger partial charge in [-0.15, -0.1) is 0 Å². The molecule has 0 aromatic heterocycles. The summed E-state index contributed by atoms with van der Waals surface area (Å²) >= 11 is 0. The number of Topliss-reactive ketones (excluding diaryl/α,β-unsaturated/α-hetero) is 1. The third-order valence-electron chi connectivity index (χ3n) is 5.37. The van der Waals surface area contributed by atoms with E-state index >= 15 is 0 Å². The Labute approximate surface area is 168 Å². The predicted molar refractivity (Wildman–Crippen MR) is 106 cm³/mol. The molecule has 1 N–H and O–H groups in total. The Morgan fingerprint density at radius 1 is 1.21 bits per heavy atom. The molecule has 2 heterocycles. The number of aliphatic hydroxyl groups excluding tert-OH is 1. The molecule has 0 aliphatic carbocycles. The number of amides is 1. The summed E-state index contributed by atoms with van der Waals surface area (Å²) in [7, 11) is 0. The molecule has 1 fully saturated rings. The van der Waals surface area contributed by atoms with Crippen molar-refractivity contribution in [1.29, 1.82) is 0 Å². The zero-order valence-electron chi connectivity index (χ0n) is 16.2. The van der Waals surface area contributed by atoms with Crippen LogP contribution in [0.4, 0.5) is 4.39 Å². The van der Waals surface area contributed by atoms with Crippen LogP contribution in [0.2, 0.25) is 0 Å². The Bertz CT molecular complexity index is 996. The highest BCUT2D eigenvalue weighted by atomic mass is 19.1. The minimum absolute atomic E-state index is 0.0340. The SMILES string of the molecule is CCCN1C(=O)C(=O)/C(=C(\O)c2ccc3c(c2)CCCO3)C1c1ccc(F)cc1. The van der Waals surface area contributed by atoms with Gasteiger partial charge in [0.2, 0.25) is 0 Å². The van der Waals surface area contributed by atoms with Gasteiger partial charge in [0.05, 0.1) is 18.2 Å². The second-order valence-corrected chi connectivity index (χ2v) is 7.32. The topological polar surface area (TPSA) is 66.8 Å². The summed E-state index contributed by atoms with van der Waals surface area (Å²) in [6, 6.07) is 10.2. The Hall–Kier alpha value is -3.15. The number of aryl methyl sites for hydroxylation is 1. The van der Waals surface area contributed by atoms with Crippen molar-refractivity contribution in [1.82, 2.24) is 4.90 Å². The molecule has 0 spiro atoms. The maximum Gasteiger partial charge on any atom is 0.295 e. The molecular weight excluding hydrogens is 373 g/mol. The molecule has 2 aliphatic heterocycles. The van der Waals surface area contributed by atoms with Gasteiger partial charge in [0.1, 0.15) is 17.3 Å². The van der Waals surface area contributed by atoms with E-state index in [-0.39, 0.29) is 11.3 Å². The Balaban J connectivity index is 1.84. The number of fused-ring (bicyclic) bond motifs is 1. The van der Waals surface area contributed by atoms with Gasteiger partial charge in [0.25, 0.3) is 11.7 Å². The average molecular weight is 395 g/mol. The molecule has 4 rings (SSSR count). The van der Waals surface area contributed by atoms with Crippen LogP contribution >= 0.6 is 0 Å². The lowest BCUT2D eigenvalue weighted by molar-refractivity contribution is -0.139. The number of hydrogen-bond donors (Lipinski definition) is 1. The summed E-state index contributed by atoms with van der Waals surface area (Å²) in [5.74, 6) is -1.22. The number of likely N-dealkylation sites (tertiary alicyclic amines) is 1. The van der Waals surface area contributed by atoms with Crippen LogP contribution in [-0.4, -0.2) is 34.8 Å². The molecule has 0 radical (unpaired) electrons. The molecule has 1 saturated heterocycles. The fraction of sp³-hybridized carbons (Fsp3) is 0.304. The van der Waals surface area contributed by atoms with Crippen molar-refractivity contribution in [2.45, 2.75) is 32.2 Å². The molecule has 0 bridgehead atoms. The van der Waals surface area contributed by atoms with Crippen molar-refractivity contribution in [3.05, 3.63) is 70.5 Å². The largest absolute Gasteiger partial charge is 0.507 e. The number of hydrogen-bond acceptors (Lipinski definition) is 4. The predicted octanol–water partition coefficient (Wildman–Crippen LogP) is 3.98. The molecule has 1 unspecified atom stereocenters. The van der Waals surface area contributed by atoms with Gasteiger partial charge in [-0.1, -0.05) is 19.1 Å². The highest BCUT2D eigenvalue weighted by Crippen LogP contribution is 2.40. The van der Waals surface area contributed by atoms with Gasteiger partial charge in [-0.2, -0.15) is 0 Å². The van der Waals surface area contributed by atoms with E-state index in [9.17, 15) is 19.1 Å². The Kier molecular flexibility index (Phi) is 5.09. The first kappa shape index (κ1) is 19.2. The molecule has 2 aliphatic rings. The smallest absolute Gasteiger partial charge is 0.295 e. The molecule has 5 nitrogen and oxygen atoms in total. The summed E-state index contributed by atoms with van der Waals surface area (Å²) < 4.78 is 19.0. The number of nitrogens with zero attached hydrogens (tertiary/aromatic N) is 1. The zero-order valence-corrected chi connectivity index (χ0v) is 16.2. The van der Waals surface area contributed by atoms with Crippen LogP contribution in [0.15, 0.2) is 48.0 Å². The van der Waals surface area contributed by atoms with E-state index < -0.39 is 23.5 Å². The summed E-state index contributed by atoms with van der Waals surface area (Å²) in [4.78, 5) is 26.9. The monoisotopic (exact) mass is 395 g/mol. The van der Waals surface area contributed by atoms with Crippen molar-refractivity contribution in [2.24, 2.45) is 0 Å². The number of carbonyl (C=O) groups is 2. The fourth-order valence-electron chi connectivity index (χ4n) is 4.01. The van der Waals surface area contributed by atoms with Crippen LogP contribution in [0.5, 0.6) is 5.75 Å². The first-order valence-electron chi connectivity index (χ1n) is 9.81. The third-order valence-corrected chi connectivity index (χ3v) is 5.37. The van der Waals surface area contributed by atoms with E-state index in [0.717, 1.165) is 24.2 Å². The molecule has 1 amide bonds. The normalized spacial score (nSPS) is 20.5. The zero-order chi connectivity index (χ0) is 20.5. The average Bonchev–Trinajstić information content (AvgIpc) is 2.99. The molecule has 29 heavy (non-hydrogen) atoms. The second-order valence-electron chi connectivity index (χ2n) is 7.32. The first-order valence-corrected chi connectivity index (χ1v) is 9.81. The van der Waals surface area contributed by atoms with Crippen molar-refractivity contribution >= 4 is 17.4 Å². The minimum Gasteiger partial charge on any atom is -0.507 e. The van der Waals surface area contributed by atoms with Crippen LogP contribution in [0.1, 0.15) is 42.5 Å². The lowest BCUT2D eigenvalue weighted by Gasteiger charge is -2.25. The van der Waals surface area contributed by atoms with Crippen LogP contribution in [-0.2, 0) is 16.0 Å². The molecule has 2 aromatic rings. The van der Waals surface area contributed by atoms with Crippen LogP contribution in [0.3, 0.4) is 0 Å². The molecule has 1 atom stereocenters. The van der Waals surface area contributed by atoms with E-state index in [1.54, 1.807) is 30.3 Å². The van der Waals surface area contributed by atoms with Crippen LogP contribution in [0.25, 0.3) is 5.76 Å². The lowest BCUT2D eigenvalue weighted by atomic mass is 9.94. The summed E-state index contributed by atoms with van der Waals surface area (Å²) in [6.45, 7) is 2.93. The van der Waals surface area contributed by atoms with Crippen molar-refractivity contribution in [2.75, 3.05) is 13.2 Å². The van der Waals surface area contributed by atoms with Gasteiger partial charge >= 0.3 is 0 Å². The van der Waals surface area contributed by atoms with E-state index in [1.165, 1.54) is 17.0 Å². The quantitative estimate of drug-likeness (QED) is 0.483. The summed E-state index contributed by atoms with van der Waals surface area (Å²) in [5.41, 5.74) is 2.05. The number of benzene rings is 2. The van der Waals surface area contributed by atoms with Crippen molar-refractivity contribution in [3.8, 4) is 5.75 Å². The highest BCUT2D eigenvalue weighted by Gasteiger charge is 2.45. The molecule has 0 saturated carbocycles. The first-order chi connectivity index (χ1) is 14.0. The van der Waals surface area contributed by atoms with Gasteiger partial charge in [-0.05, 0) is 60.7 Å². The minimum atomic E-state index is -0.747. The number of carbonyl (C=O) groups excluding carboxylic acids is 2. The maximum absolute atomic E-state index is 13.4. The second kappa shape index (κ2) is 7.70. The number of rotatable bonds is 4. The van der Waals surface area contributed by atoms with Gasteiger partial charge in [-0.25, -0.2) is 4.39 Å². The van der Waals surface area contributed by atoms with Crippen LogP contribution in [0, 0.1) is 5.82 Å². The standard InChI is InChI=1S/C23H22FNO4/c1-2-11-25-20(14-5-8-17(24)9-6-14)19(22(27)23(25)28)21(26)16-7-10-18-15(13-16)4-3-12-29-18/h5-10,13,20,26H,2-4,11-12H2,1H3/b21-19-. The third kappa shape index (κ3) is 3.39. The summed E-state index contributed by atoms with van der Waals surface area (Å²) in [6.07, 6.45) is 2.36. The lowest BCUT2D eigenvalue weighted by Crippen LogP contribution is -2.30. The highest BCUT2D eigenvalue weighted by molar-refractivity contribution is 6.46. The van der Waals surface area contributed by atoms with Gasteiger partial charge < -0.3 is 14.7 Å². The van der Waals surface area contributed by atoms with Gasteiger partial charge in [-0.3, -0.25) is 9.59 Å². The van der Waals surface area contributed by atoms with E-state index in [2.05, 4.69) is 0 Å². The van der Waals surface area contributed by atoms with Crippen LogP contribution < -0.4 is 4.74 Å². The summed E-state index contributed by atoms with van der Waals surface area (Å²) in [5, 5.41) is 11.0. The number of ether oxygens (including phenoxy) is 1. The van der Waals surface area contributed by atoms with Gasteiger partial charge in [0, 0.05) is 12.1 Å². The van der Waals surface area contributed by atoms with E-state index in [1.807, 2.05) is 6.92 Å². The molecule has 6 heteroatoms. The van der Waals surface area contributed by atoms with Crippen molar-refractivity contribution in [3.63, 3.8) is 0 Å². The van der Waals surface area contributed by atoms with E-state index in [4.69, 9.17) is 4.74 Å². The van der Waals surface area contributed by atoms with Crippen molar-refractivity contribution < 1.29 is 23.8 Å². The number of halogens is 1. The maximum atomic E-state index is 13.4. The molecule has 2 aromatic carbocycles. The van der Waals surface area contributed by atoms with E-state index in [0.29, 0.717) is 30.7 Å². The molecular formula is C23H22FNO4. The van der Waals surface area contributed by atoms with Gasteiger partial charge in [0.15, 0.2) is 0 Å². The Morgan fingerprint density at radius 3 is 2.69 bits per heavy atom.